The van der Waals surface area contributed by atoms with Crippen LogP contribution in [0.15, 0.2) is 54.6 Å². The van der Waals surface area contributed by atoms with Crippen molar-refractivity contribution in [2.24, 2.45) is 0 Å². The highest BCUT2D eigenvalue weighted by Crippen LogP contribution is 2.18. The van der Waals surface area contributed by atoms with Gasteiger partial charge in [0, 0.05) is 11.6 Å². The summed E-state index contributed by atoms with van der Waals surface area (Å²) in [4.78, 5) is 35.0. The molecule has 0 spiro atoms. The third kappa shape index (κ3) is 5.96. The van der Waals surface area contributed by atoms with E-state index in [1.54, 1.807) is 24.3 Å². The first-order valence-corrected chi connectivity index (χ1v) is 7.83. The number of carbonyl (C=O) groups is 3. The fourth-order valence-electron chi connectivity index (χ4n) is 2.02. The third-order valence-corrected chi connectivity index (χ3v) is 3.32. The molecule has 0 aromatic heterocycles. The van der Waals surface area contributed by atoms with Crippen LogP contribution in [-0.2, 0) is 14.3 Å². The number of ether oxygens (including phenoxy) is 2. The minimum absolute atomic E-state index is 0.227. The van der Waals surface area contributed by atoms with Crippen molar-refractivity contribution in [2.75, 3.05) is 13.7 Å². The van der Waals surface area contributed by atoms with Gasteiger partial charge < -0.3 is 9.47 Å². The quantitative estimate of drug-likeness (QED) is 0.459. The third-order valence-electron chi connectivity index (χ3n) is 3.32. The van der Waals surface area contributed by atoms with Gasteiger partial charge in [0.2, 0.25) is 0 Å². The van der Waals surface area contributed by atoms with E-state index in [1.165, 1.54) is 31.4 Å². The van der Waals surface area contributed by atoms with Gasteiger partial charge in [-0.1, -0.05) is 30.3 Å². The highest BCUT2D eigenvalue weighted by atomic mass is 19.1. The first-order chi connectivity index (χ1) is 13.0. The van der Waals surface area contributed by atoms with E-state index < -0.39 is 30.2 Å². The SMILES string of the molecule is COc1ccccc1/C=C/C(=O)OCC(=O)NNC(=O)c1ccccc1F. The van der Waals surface area contributed by atoms with Crippen LogP contribution in [0.1, 0.15) is 15.9 Å². The molecule has 27 heavy (non-hydrogen) atoms. The number of amides is 2. The van der Waals surface area contributed by atoms with Crippen molar-refractivity contribution in [3.8, 4) is 5.75 Å². The first kappa shape index (κ1) is 19.6. The molecular formula is C19H17FN2O5. The molecule has 0 radical (unpaired) electrons. The van der Waals surface area contributed by atoms with Crippen molar-refractivity contribution >= 4 is 23.9 Å². The molecule has 0 fully saturated rings. The first-order valence-electron chi connectivity index (χ1n) is 7.83. The van der Waals surface area contributed by atoms with Gasteiger partial charge in [0.05, 0.1) is 12.7 Å². The topological polar surface area (TPSA) is 93.7 Å². The Morgan fingerprint density at radius 1 is 1.04 bits per heavy atom. The van der Waals surface area contributed by atoms with Gasteiger partial charge in [0.15, 0.2) is 6.61 Å². The van der Waals surface area contributed by atoms with Gasteiger partial charge in [-0.2, -0.15) is 0 Å². The molecule has 0 saturated heterocycles. The van der Waals surface area contributed by atoms with Crippen LogP contribution >= 0.6 is 0 Å². The number of nitrogens with one attached hydrogen (secondary N) is 2. The van der Waals surface area contributed by atoms with Gasteiger partial charge in [-0.3, -0.25) is 20.4 Å². The van der Waals surface area contributed by atoms with E-state index in [0.717, 1.165) is 12.1 Å². The van der Waals surface area contributed by atoms with Crippen molar-refractivity contribution in [3.63, 3.8) is 0 Å². The summed E-state index contributed by atoms with van der Waals surface area (Å²) in [6.07, 6.45) is 2.63. The van der Waals surface area contributed by atoms with Crippen molar-refractivity contribution in [1.82, 2.24) is 10.9 Å². The Hall–Kier alpha value is -3.68. The van der Waals surface area contributed by atoms with Crippen molar-refractivity contribution in [3.05, 3.63) is 71.6 Å². The Morgan fingerprint density at radius 2 is 1.74 bits per heavy atom. The van der Waals surface area contributed by atoms with Crippen molar-refractivity contribution in [1.29, 1.82) is 0 Å². The van der Waals surface area contributed by atoms with E-state index in [2.05, 4.69) is 0 Å². The monoisotopic (exact) mass is 372 g/mol. The zero-order valence-electron chi connectivity index (χ0n) is 14.4. The van der Waals surface area contributed by atoms with E-state index in [9.17, 15) is 18.8 Å². The summed E-state index contributed by atoms with van der Waals surface area (Å²) in [6, 6.07) is 12.3. The summed E-state index contributed by atoms with van der Waals surface area (Å²) in [5.74, 6) is -2.51. The number of benzene rings is 2. The number of halogens is 1. The molecule has 0 unspecified atom stereocenters. The summed E-state index contributed by atoms with van der Waals surface area (Å²) in [6.45, 7) is -0.618. The van der Waals surface area contributed by atoms with E-state index >= 15 is 0 Å². The lowest BCUT2D eigenvalue weighted by molar-refractivity contribution is -0.144. The number of hydrogen-bond acceptors (Lipinski definition) is 5. The number of esters is 1. The predicted octanol–water partition coefficient (Wildman–Crippen LogP) is 1.85. The maximum absolute atomic E-state index is 13.4. The van der Waals surface area contributed by atoms with Gasteiger partial charge in [0.1, 0.15) is 11.6 Å². The smallest absolute Gasteiger partial charge is 0.331 e. The number of para-hydroxylation sites is 1. The van der Waals surface area contributed by atoms with Crippen LogP contribution in [0.2, 0.25) is 0 Å². The zero-order valence-corrected chi connectivity index (χ0v) is 14.4. The van der Waals surface area contributed by atoms with Gasteiger partial charge in [0.25, 0.3) is 11.8 Å². The molecule has 2 rings (SSSR count). The molecule has 0 heterocycles. The molecule has 8 heteroatoms. The molecular weight excluding hydrogens is 355 g/mol. The highest BCUT2D eigenvalue weighted by Gasteiger charge is 2.12. The second-order valence-corrected chi connectivity index (χ2v) is 5.17. The largest absolute Gasteiger partial charge is 0.496 e. The lowest BCUT2D eigenvalue weighted by Gasteiger charge is -2.08. The van der Waals surface area contributed by atoms with Crippen LogP contribution in [0.4, 0.5) is 4.39 Å². The standard InChI is InChI=1S/C19H17FN2O5/c1-26-16-9-5-2-6-13(16)10-11-18(24)27-12-17(23)21-22-19(25)14-7-3-4-8-15(14)20/h2-11H,12H2,1H3,(H,21,23)(H,22,25)/b11-10+. The number of hydrogen-bond donors (Lipinski definition) is 2. The van der Waals surface area contributed by atoms with Crippen molar-refractivity contribution < 1.29 is 28.2 Å². The molecule has 0 bridgehead atoms. The Kier molecular flexibility index (Phi) is 7.07. The Bertz CT molecular complexity index is 867. The summed E-state index contributed by atoms with van der Waals surface area (Å²) >= 11 is 0. The van der Waals surface area contributed by atoms with Gasteiger partial charge in [-0.05, 0) is 24.3 Å². The van der Waals surface area contributed by atoms with Crippen LogP contribution in [0, 0.1) is 5.82 Å². The summed E-state index contributed by atoms with van der Waals surface area (Å²) < 4.78 is 23.3. The fraction of sp³-hybridized carbons (Fsp3) is 0.105. The molecule has 0 atom stereocenters. The number of rotatable bonds is 6. The molecule has 140 valence electrons. The number of hydrazine groups is 1. The zero-order chi connectivity index (χ0) is 19.6. The van der Waals surface area contributed by atoms with Crippen LogP contribution < -0.4 is 15.6 Å². The maximum Gasteiger partial charge on any atom is 0.331 e. The molecule has 0 aliphatic heterocycles. The van der Waals surface area contributed by atoms with Gasteiger partial charge >= 0.3 is 5.97 Å². The molecule has 0 aliphatic carbocycles. The Balaban J connectivity index is 1.78. The minimum Gasteiger partial charge on any atom is -0.496 e. The average Bonchev–Trinajstić information content (AvgIpc) is 2.69. The second kappa shape index (κ2) is 9.71. The van der Waals surface area contributed by atoms with E-state index in [4.69, 9.17) is 9.47 Å². The van der Waals surface area contributed by atoms with Gasteiger partial charge in [-0.15, -0.1) is 0 Å². The molecule has 7 nitrogen and oxygen atoms in total. The van der Waals surface area contributed by atoms with E-state index in [1.807, 2.05) is 10.9 Å². The van der Waals surface area contributed by atoms with E-state index in [-0.39, 0.29) is 5.56 Å². The van der Waals surface area contributed by atoms with E-state index in [0.29, 0.717) is 11.3 Å². The number of methoxy groups -OCH3 is 1. The normalized spacial score (nSPS) is 10.3. The van der Waals surface area contributed by atoms with Crippen LogP contribution in [-0.4, -0.2) is 31.5 Å². The maximum atomic E-state index is 13.4. The predicted molar refractivity (Wildman–Crippen MR) is 95.0 cm³/mol. The van der Waals surface area contributed by atoms with Crippen LogP contribution in [0.25, 0.3) is 6.08 Å². The molecule has 2 aromatic rings. The fourth-order valence-corrected chi connectivity index (χ4v) is 2.02. The summed E-state index contributed by atoms with van der Waals surface area (Å²) in [7, 11) is 1.50. The second-order valence-electron chi connectivity index (χ2n) is 5.17. The van der Waals surface area contributed by atoms with Crippen LogP contribution in [0.5, 0.6) is 5.75 Å². The Morgan fingerprint density at radius 3 is 2.48 bits per heavy atom. The molecule has 0 saturated carbocycles. The van der Waals surface area contributed by atoms with Crippen LogP contribution in [0.3, 0.4) is 0 Å². The summed E-state index contributed by atoms with van der Waals surface area (Å²) in [5.41, 5.74) is 4.50. The molecule has 0 aliphatic rings. The highest BCUT2D eigenvalue weighted by molar-refractivity contribution is 5.96. The molecule has 2 aromatic carbocycles. The average molecular weight is 372 g/mol. The lowest BCUT2D eigenvalue weighted by atomic mass is 10.2. The summed E-state index contributed by atoms with van der Waals surface area (Å²) in [5, 5.41) is 0. The number of carbonyl (C=O) groups excluding carboxylic acids is 3. The van der Waals surface area contributed by atoms with Gasteiger partial charge in [-0.25, -0.2) is 9.18 Å². The molecule has 2 amide bonds. The van der Waals surface area contributed by atoms with Crippen molar-refractivity contribution in [2.45, 2.75) is 0 Å². The molecule has 2 N–H and O–H groups in total. The minimum atomic E-state index is -0.830. The lowest BCUT2D eigenvalue weighted by Crippen LogP contribution is -2.43. The Labute approximate surface area is 154 Å².